The van der Waals surface area contributed by atoms with Crippen molar-refractivity contribution in [2.45, 2.75) is 36.1 Å². The molecule has 1 aliphatic heterocycles. The van der Waals surface area contributed by atoms with Crippen molar-refractivity contribution in [3.63, 3.8) is 0 Å². The largest absolute Gasteiger partial charge is 0.497 e. The van der Waals surface area contributed by atoms with E-state index in [2.05, 4.69) is 10.6 Å². The van der Waals surface area contributed by atoms with Crippen molar-refractivity contribution >= 4 is 11.8 Å². The first-order valence-corrected chi connectivity index (χ1v) is 16.0. The molecule has 1 heterocycles. The van der Waals surface area contributed by atoms with E-state index in [4.69, 9.17) is 18.9 Å². The smallest absolute Gasteiger partial charge is 0.251 e. The van der Waals surface area contributed by atoms with Crippen LogP contribution in [0.4, 0.5) is 0 Å². The Labute approximate surface area is 279 Å². The van der Waals surface area contributed by atoms with Crippen LogP contribution in [0.3, 0.4) is 0 Å². The average molecular weight is 653 g/mol. The highest BCUT2D eigenvalue weighted by molar-refractivity contribution is 5.94. The topological polar surface area (TPSA) is 136 Å². The third kappa shape index (κ3) is 5.50. The van der Waals surface area contributed by atoms with E-state index in [1.807, 2.05) is 48.5 Å². The van der Waals surface area contributed by atoms with Crippen molar-refractivity contribution in [2.75, 3.05) is 34.4 Å². The van der Waals surface area contributed by atoms with Crippen molar-refractivity contribution in [1.82, 2.24) is 10.6 Å². The first kappa shape index (κ1) is 32.9. The second kappa shape index (κ2) is 13.6. The maximum absolute atomic E-state index is 14.5. The lowest BCUT2D eigenvalue weighted by Gasteiger charge is -2.45. The van der Waals surface area contributed by atoms with Crippen LogP contribution in [0.25, 0.3) is 0 Å². The van der Waals surface area contributed by atoms with E-state index >= 15 is 0 Å². The quantitative estimate of drug-likeness (QED) is 0.167. The molecule has 2 bridgehead atoms. The molecule has 0 spiro atoms. The minimum absolute atomic E-state index is 0.159. The Balaban J connectivity index is 1.36. The van der Waals surface area contributed by atoms with Crippen LogP contribution < -0.4 is 29.6 Å². The summed E-state index contributed by atoms with van der Waals surface area (Å²) in [6, 6.07) is 28.6. The van der Waals surface area contributed by atoms with E-state index in [-0.39, 0.29) is 29.5 Å². The van der Waals surface area contributed by atoms with Gasteiger partial charge in [-0.3, -0.25) is 9.59 Å². The van der Waals surface area contributed by atoms with Crippen molar-refractivity contribution in [3.8, 4) is 23.0 Å². The first-order chi connectivity index (χ1) is 23.3. The summed E-state index contributed by atoms with van der Waals surface area (Å²) in [5.74, 6) is -1.19. The van der Waals surface area contributed by atoms with Crippen molar-refractivity contribution in [3.05, 3.63) is 119 Å². The average Bonchev–Trinajstić information content (AvgIpc) is 3.25. The van der Waals surface area contributed by atoms with Crippen LogP contribution in [-0.2, 0) is 16.0 Å². The highest BCUT2D eigenvalue weighted by Gasteiger charge is 2.76. The molecule has 0 saturated heterocycles. The van der Waals surface area contributed by atoms with Gasteiger partial charge < -0.3 is 39.8 Å². The number of benzene rings is 4. The number of unbranched alkanes of at least 4 members (excludes halogenated alkanes) is 1. The van der Waals surface area contributed by atoms with Crippen LogP contribution in [0.1, 0.15) is 45.8 Å². The maximum Gasteiger partial charge on any atom is 0.251 e. The van der Waals surface area contributed by atoms with Crippen LogP contribution in [0.2, 0.25) is 0 Å². The number of methoxy groups -OCH3 is 3. The van der Waals surface area contributed by atoms with Gasteiger partial charge in [-0.25, -0.2) is 0 Å². The Morgan fingerprint density at radius 2 is 1.42 bits per heavy atom. The summed E-state index contributed by atoms with van der Waals surface area (Å²) in [7, 11) is 4.52. The van der Waals surface area contributed by atoms with Gasteiger partial charge in [0.2, 0.25) is 5.91 Å². The Kier molecular flexibility index (Phi) is 9.30. The zero-order valence-corrected chi connectivity index (χ0v) is 27.1. The van der Waals surface area contributed by atoms with Crippen LogP contribution in [-0.4, -0.2) is 62.6 Å². The number of fused-ring (bicyclic) bond motifs is 4. The van der Waals surface area contributed by atoms with Gasteiger partial charge in [0.15, 0.2) is 5.60 Å². The highest BCUT2D eigenvalue weighted by Crippen LogP contribution is 2.68. The number of aliphatic hydroxyl groups excluding tert-OH is 1. The zero-order valence-electron chi connectivity index (χ0n) is 27.1. The number of carbonyl (C=O) groups excluding carboxylic acids is 2. The molecule has 1 aliphatic carbocycles. The van der Waals surface area contributed by atoms with Crippen LogP contribution in [0.15, 0.2) is 97.1 Å². The summed E-state index contributed by atoms with van der Waals surface area (Å²) < 4.78 is 23.5. The van der Waals surface area contributed by atoms with Crippen LogP contribution in [0, 0.1) is 5.92 Å². The molecule has 0 aromatic heterocycles. The van der Waals surface area contributed by atoms with E-state index in [9.17, 15) is 19.8 Å². The fraction of sp³-hybridized carbons (Fsp3) is 0.316. The molecule has 1 fully saturated rings. The molecule has 4 aromatic rings. The summed E-state index contributed by atoms with van der Waals surface area (Å²) in [6.07, 6.45) is -0.405. The van der Waals surface area contributed by atoms with Gasteiger partial charge in [0.1, 0.15) is 34.7 Å². The minimum atomic E-state index is -2.14. The van der Waals surface area contributed by atoms with Gasteiger partial charge in [0.25, 0.3) is 5.91 Å². The summed E-state index contributed by atoms with van der Waals surface area (Å²) >= 11 is 0. The molecule has 6 rings (SSSR count). The van der Waals surface area contributed by atoms with Gasteiger partial charge in [-0.05, 0) is 48.2 Å². The van der Waals surface area contributed by atoms with E-state index in [1.165, 1.54) is 14.2 Å². The number of hydrogen-bond donors (Lipinski definition) is 4. The molecule has 0 radical (unpaired) electrons. The fourth-order valence-corrected chi connectivity index (χ4v) is 7.25. The second-order valence-electron chi connectivity index (χ2n) is 12.0. The van der Waals surface area contributed by atoms with Gasteiger partial charge in [-0.1, -0.05) is 60.7 Å². The molecule has 10 heteroatoms. The second-order valence-corrected chi connectivity index (χ2v) is 12.0. The van der Waals surface area contributed by atoms with Gasteiger partial charge in [0.05, 0.1) is 32.8 Å². The van der Waals surface area contributed by atoms with Gasteiger partial charge in [-0.2, -0.15) is 0 Å². The Bertz CT molecular complexity index is 1750. The summed E-state index contributed by atoms with van der Waals surface area (Å²) in [4.78, 5) is 26.9. The minimum Gasteiger partial charge on any atom is -0.497 e. The lowest BCUT2D eigenvalue weighted by atomic mass is 9.75. The lowest BCUT2D eigenvalue weighted by Crippen LogP contribution is -2.55. The Hall–Kier alpha value is -5.06. The monoisotopic (exact) mass is 652 g/mol. The number of rotatable bonds is 12. The molecule has 48 heavy (non-hydrogen) atoms. The molecule has 5 atom stereocenters. The summed E-state index contributed by atoms with van der Waals surface area (Å²) in [5.41, 5.74) is -1.73. The van der Waals surface area contributed by atoms with Gasteiger partial charge in [-0.15, -0.1) is 0 Å². The molecule has 1 unspecified atom stereocenters. The summed E-state index contributed by atoms with van der Waals surface area (Å²) in [6.45, 7) is 0.719. The van der Waals surface area contributed by atoms with E-state index in [1.54, 1.807) is 55.6 Å². The lowest BCUT2D eigenvalue weighted by molar-refractivity contribution is -0.162. The number of amides is 2. The number of nitrogens with one attached hydrogen (secondary N) is 2. The molecular weight excluding hydrogens is 612 g/mol. The van der Waals surface area contributed by atoms with Crippen molar-refractivity contribution < 1.29 is 38.7 Å². The third-order valence-corrected chi connectivity index (χ3v) is 9.47. The summed E-state index contributed by atoms with van der Waals surface area (Å²) in [5, 5.41) is 31.3. The predicted molar refractivity (Wildman–Crippen MR) is 178 cm³/mol. The standard InChI is InChI=1S/C38H40N2O8/c1-45-27-18-16-26(17-19-27)38-31(24-12-6-4-7-13-24)33(35(42)40-21-11-10-20-39-34(41)25-14-8-5-9-15-25)37(44,36(38)43)32-29(47-3)22-28(46-2)23-30(32)48-38/h4-9,12-19,22-23,31,33,36,43-44H,10-11,20-21H2,1-3H3,(H,39,41)(H,40,42)/t31-,33+,36?,37-,38+/m0/s1. The molecule has 2 amide bonds. The third-order valence-electron chi connectivity index (χ3n) is 9.47. The molecular formula is C38H40N2O8. The van der Waals surface area contributed by atoms with Crippen LogP contribution >= 0.6 is 0 Å². The number of aliphatic hydroxyl groups is 2. The highest BCUT2D eigenvalue weighted by atomic mass is 16.5. The molecule has 4 N–H and O–H groups in total. The zero-order chi connectivity index (χ0) is 33.9. The molecule has 1 saturated carbocycles. The number of carbonyl (C=O) groups is 2. The molecule has 10 nitrogen and oxygen atoms in total. The van der Waals surface area contributed by atoms with E-state index in [0.717, 1.165) is 0 Å². The van der Waals surface area contributed by atoms with E-state index < -0.39 is 35.0 Å². The Morgan fingerprint density at radius 1 is 0.792 bits per heavy atom. The van der Waals surface area contributed by atoms with Crippen LogP contribution in [0.5, 0.6) is 23.0 Å². The fourth-order valence-electron chi connectivity index (χ4n) is 7.25. The number of hydrogen-bond acceptors (Lipinski definition) is 8. The molecule has 4 aromatic carbocycles. The van der Waals surface area contributed by atoms with Crippen molar-refractivity contribution in [1.29, 1.82) is 0 Å². The van der Waals surface area contributed by atoms with Crippen molar-refractivity contribution in [2.24, 2.45) is 5.92 Å². The normalized spacial score (nSPS) is 23.7. The molecule has 2 aliphatic rings. The maximum atomic E-state index is 14.5. The Morgan fingerprint density at radius 3 is 2.04 bits per heavy atom. The first-order valence-electron chi connectivity index (χ1n) is 16.0. The molecule has 250 valence electrons. The SMILES string of the molecule is COc1ccc([C@]23Oc4cc(OC)cc(OC)c4[C@@](O)(C2O)[C@@H](C(=O)NCCCCNC(=O)c2ccccc2)[C@@H]3c2ccccc2)cc1. The van der Waals surface area contributed by atoms with Gasteiger partial charge >= 0.3 is 0 Å². The van der Waals surface area contributed by atoms with E-state index in [0.29, 0.717) is 47.6 Å². The predicted octanol–water partition coefficient (Wildman–Crippen LogP) is 4.29. The number of ether oxygens (including phenoxy) is 4. The van der Waals surface area contributed by atoms with Gasteiger partial charge in [0, 0.05) is 36.7 Å².